The molecule has 1 unspecified atom stereocenters. The van der Waals surface area contributed by atoms with Gasteiger partial charge in [-0.2, -0.15) is 0 Å². The monoisotopic (exact) mass is 596 g/mol. The van der Waals surface area contributed by atoms with E-state index in [4.69, 9.17) is 16.3 Å². The third-order valence-electron chi connectivity index (χ3n) is 10.1. The molecule has 6 nitrogen and oxygen atoms in total. The van der Waals surface area contributed by atoms with Crippen molar-refractivity contribution in [1.82, 2.24) is 4.72 Å². The van der Waals surface area contributed by atoms with Gasteiger partial charge in [0.05, 0.1) is 32.9 Å². The van der Waals surface area contributed by atoms with Crippen LogP contribution in [-0.4, -0.2) is 51.6 Å². The Kier molecular flexibility index (Phi) is 7.44. The van der Waals surface area contributed by atoms with Gasteiger partial charge in [0.2, 0.25) is 0 Å². The number of halogens is 1. The van der Waals surface area contributed by atoms with Gasteiger partial charge in [-0.3, -0.25) is 9.52 Å². The summed E-state index contributed by atoms with van der Waals surface area (Å²) in [6, 6.07) is 11.7. The Bertz CT molecular complexity index is 1490. The van der Waals surface area contributed by atoms with Gasteiger partial charge in [0, 0.05) is 29.1 Å². The summed E-state index contributed by atoms with van der Waals surface area (Å²) in [7, 11) is -2.96. The minimum Gasteiger partial charge on any atom is -0.490 e. The van der Waals surface area contributed by atoms with Crippen molar-refractivity contribution in [3.05, 3.63) is 70.3 Å². The van der Waals surface area contributed by atoms with Crippen molar-refractivity contribution < 1.29 is 18.8 Å². The highest BCUT2D eigenvalue weighted by atomic mass is 35.5. The first kappa shape index (κ1) is 28.6. The van der Waals surface area contributed by atoms with Crippen LogP contribution in [-0.2, 0) is 21.5 Å². The normalized spacial score (nSPS) is 33.8. The fourth-order valence-corrected chi connectivity index (χ4v) is 8.47. The zero-order valence-electron chi connectivity index (χ0n) is 24.0. The molecule has 6 rings (SSSR count). The lowest BCUT2D eigenvalue weighted by Gasteiger charge is -2.45. The summed E-state index contributed by atoms with van der Waals surface area (Å²) in [4.78, 5) is 15.9. The Morgan fingerprint density at radius 1 is 1.17 bits per heavy atom. The highest BCUT2D eigenvalue weighted by molar-refractivity contribution is 8.00. The number of aliphatic hydroxyl groups is 1. The Morgan fingerprint density at radius 3 is 2.78 bits per heavy atom. The summed E-state index contributed by atoms with van der Waals surface area (Å²) < 4.78 is 22.3. The van der Waals surface area contributed by atoms with Crippen molar-refractivity contribution in [3.8, 4) is 5.75 Å². The van der Waals surface area contributed by atoms with E-state index in [2.05, 4.69) is 27.6 Å². The van der Waals surface area contributed by atoms with E-state index in [1.807, 2.05) is 44.2 Å². The maximum Gasteiger partial charge on any atom is 0.262 e. The Balaban J connectivity index is 1.43. The van der Waals surface area contributed by atoms with Gasteiger partial charge in [-0.25, -0.2) is 4.21 Å². The van der Waals surface area contributed by atoms with Crippen LogP contribution in [0.2, 0.25) is 5.02 Å². The summed E-state index contributed by atoms with van der Waals surface area (Å²) in [5.74, 6) is 4.81. The van der Waals surface area contributed by atoms with E-state index in [1.54, 1.807) is 6.07 Å². The molecule has 1 amide bonds. The molecular weight excluding hydrogens is 556 g/mol. The topological polar surface area (TPSA) is 78.9 Å². The molecule has 2 bridgehead atoms. The number of hydrogen-bond acceptors (Lipinski definition) is 5. The van der Waals surface area contributed by atoms with Crippen molar-refractivity contribution in [1.29, 1.82) is 0 Å². The highest BCUT2D eigenvalue weighted by Crippen LogP contribution is 2.46. The molecule has 220 valence electrons. The number of nitrogens with one attached hydrogen (secondary N) is 1. The second kappa shape index (κ2) is 10.7. The van der Waals surface area contributed by atoms with Crippen LogP contribution in [0.3, 0.4) is 0 Å². The van der Waals surface area contributed by atoms with Gasteiger partial charge in [-0.15, -0.1) is 0 Å². The Labute approximate surface area is 249 Å². The number of amides is 1. The van der Waals surface area contributed by atoms with E-state index in [9.17, 15) is 14.1 Å². The molecule has 2 aliphatic heterocycles. The first-order valence-electron chi connectivity index (χ1n) is 14.8. The number of aryl methyl sites for hydroxylation is 1. The van der Waals surface area contributed by atoms with E-state index in [0.29, 0.717) is 30.9 Å². The van der Waals surface area contributed by atoms with Crippen LogP contribution in [0.1, 0.15) is 73.9 Å². The standard InChI is InChI=1S/C33H41ClN2O4S/c1-32(2)15-5-4-8-29(37)26-12-9-24(26)19-36-20-33(16-6-7-22-17-25(34)11-13-27(22)33)21-40-30-14-10-23(18-28(30)36)31(38)35-41(32,3)39/h4,8,10-11,13-14,17-18,24,26,29,37H,3,5-7,9,12,15-16,19-21H2,1-2H3,(H,35,38,39)/b8-4-/t24-,26+,29-,33-,41?/m0/s1. The predicted molar refractivity (Wildman–Crippen MR) is 168 cm³/mol. The molecule has 0 radical (unpaired) electrons. The number of anilines is 1. The zero-order chi connectivity index (χ0) is 29.0. The van der Waals surface area contributed by atoms with E-state index in [1.165, 1.54) is 11.1 Å². The van der Waals surface area contributed by atoms with Crippen molar-refractivity contribution in [2.45, 2.75) is 75.1 Å². The van der Waals surface area contributed by atoms with Crippen LogP contribution in [0.15, 0.2) is 48.6 Å². The van der Waals surface area contributed by atoms with Crippen LogP contribution in [0.25, 0.3) is 0 Å². The highest BCUT2D eigenvalue weighted by Gasteiger charge is 2.44. The maximum atomic E-state index is 13.7. The van der Waals surface area contributed by atoms with Crippen LogP contribution in [0, 0.1) is 11.8 Å². The van der Waals surface area contributed by atoms with Crippen LogP contribution in [0.5, 0.6) is 5.75 Å². The maximum absolute atomic E-state index is 13.7. The molecule has 1 saturated carbocycles. The van der Waals surface area contributed by atoms with E-state index in [0.717, 1.165) is 61.7 Å². The summed E-state index contributed by atoms with van der Waals surface area (Å²) in [6.45, 7) is 5.80. The number of aliphatic hydroxyl groups excluding tert-OH is 1. The molecule has 41 heavy (non-hydrogen) atoms. The Morgan fingerprint density at radius 2 is 2.00 bits per heavy atom. The third kappa shape index (κ3) is 5.30. The minimum absolute atomic E-state index is 0.178. The minimum atomic E-state index is -2.96. The van der Waals surface area contributed by atoms with Crippen LogP contribution in [0.4, 0.5) is 5.69 Å². The van der Waals surface area contributed by atoms with Crippen molar-refractivity contribution in [3.63, 3.8) is 0 Å². The smallest absolute Gasteiger partial charge is 0.262 e. The molecule has 5 atom stereocenters. The molecule has 1 spiro atoms. The number of carbonyl (C=O) groups excluding carboxylic acids is 1. The van der Waals surface area contributed by atoms with Gasteiger partial charge in [-0.05, 0) is 118 Å². The van der Waals surface area contributed by atoms with E-state index in [-0.39, 0.29) is 11.3 Å². The average Bonchev–Trinajstić information content (AvgIpc) is 3.05. The first-order valence-corrected chi connectivity index (χ1v) is 16.9. The van der Waals surface area contributed by atoms with Gasteiger partial charge in [0.1, 0.15) is 5.75 Å². The molecule has 2 N–H and O–H groups in total. The fourth-order valence-electron chi connectivity index (χ4n) is 7.13. The molecule has 2 aliphatic carbocycles. The molecule has 1 fully saturated rings. The molecule has 0 aromatic heterocycles. The number of ether oxygens (including phenoxy) is 1. The molecule has 2 heterocycles. The zero-order valence-corrected chi connectivity index (χ0v) is 25.6. The lowest BCUT2D eigenvalue weighted by molar-refractivity contribution is 0.0456. The summed E-state index contributed by atoms with van der Waals surface area (Å²) >= 11 is 6.40. The number of allylic oxidation sites excluding steroid dienone is 1. The van der Waals surface area contributed by atoms with Crippen molar-refractivity contribution in [2.24, 2.45) is 11.8 Å². The average molecular weight is 597 g/mol. The SMILES string of the molecule is C=S1(=O)NC(=O)c2ccc3c(c2)N(C[C@@H]2CC[C@H]2[C@@H](O)/C=C\CCC1(C)C)C[C@@]1(CCCc2cc(Cl)ccc21)CO3. The summed E-state index contributed by atoms with van der Waals surface area (Å²) in [5, 5.41) is 11.9. The number of hydrogen-bond donors (Lipinski definition) is 2. The largest absolute Gasteiger partial charge is 0.490 e. The number of nitrogens with zero attached hydrogens (tertiary/aromatic N) is 1. The molecule has 2 aromatic rings. The number of carbonyl (C=O) groups is 1. The summed E-state index contributed by atoms with van der Waals surface area (Å²) in [6.07, 6.45) is 9.69. The van der Waals surface area contributed by atoms with Crippen LogP contribution < -0.4 is 14.4 Å². The molecule has 8 heteroatoms. The second-order valence-corrected chi connectivity index (χ2v) is 16.2. The van der Waals surface area contributed by atoms with E-state index < -0.39 is 26.5 Å². The lowest BCUT2D eigenvalue weighted by Crippen LogP contribution is -2.49. The molecular formula is C33H41ClN2O4S. The van der Waals surface area contributed by atoms with Crippen LogP contribution >= 0.6 is 11.6 Å². The van der Waals surface area contributed by atoms with Crippen molar-refractivity contribution >= 4 is 38.8 Å². The van der Waals surface area contributed by atoms with E-state index >= 15 is 0 Å². The molecule has 0 saturated heterocycles. The number of benzene rings is 2. The lowest BCUT2D eigenvalue weighted by atomic mass is 9.68. The number of rotatable bonds is 0. The predicted octanol–water partition coefficient (Wildman–Crippen LogP) is 5.69. The number of fused-ring (bicyclic) bond motifs is 4. The Hall–Kier alpha value is -2.48. The second-order valence-electron chi connectivity index (χ2n) is 13.1. The van der Waals surface area contributed by atoms with Gasteiger partial charge < -0.3 is 14.7 Å². The molecule has 4 aliphatic rings. The quantitative estimate of drug-likeness (QED) is 0.302. The van der Waals surface area contributed by atoms with Gasteiger partial charge in [-0.1, -0.05) is 29.8 Å². The van der Waals surface area contributed by atoms with Gasteiger partial charge in [0.25, 0.3) is 5.91 Å². The van der Waals surface area contributed by atoms with Crippen molar-refractivity contribution in [2.75, 3.05) is 24.6 Å². The summed E-state index contributed by atoms with van der Waals surface area (Å²) in [5.41, 5.74) is 3.66. The first-order chi connectivity index (χ1) is 19.5. The van der Waals surface area contributed by atoms with Gasteiger partial charge in [0.15, 0.2) is 0 Å². The third-order valence-corrected chi connectivity index (χ3v) is 12.8. The molecule has 2 aromatic carbocycles. The van der Waals surface area contributed by atoms with Gasteiger partial charge >= 0.3 is 0 Å². The fraction of sp³-hybridized carbons (Fsp3) is 0.515.